The average molecular weight is 472 g/mol. The summed E-state index contributed by atoms with van der Waals surface area (Å²) in [5.74, 6) is -5.56. The number of ketones is 2. The topological polar surface area (TPSA) is 101 Å². The number of fused-ring (bicyclic) bond motifs is 3. The summed E-state index contributed by atoms with van der Waals surface area (Å²) in [4.78, 5) is 50.6. The number of carbonyl (C=O) groups excluding carboxylic acids is 4. The van der Waals surface area contributed by atoms with Crippen molar-refractivity contribution in [2.24, 2.45) is 17.8 Å². The Morgan fingerprint density at radius 1 is 1.10 bits per heavy atom. The number of rotatable bonds is 1. The van der Waals surface area contributed by atoms with Crippen molar-refractivity contribution in [3.05, 3.63) is 62.9 Å². The van der Waals surface area contributed by atoms with Gasteiger partial charge in [0.25, 0.3) is 0 Å². The molecule has 1 heterocycles. The van der Waals surface area contributed by atoms with E-state index in [1.807, 2.05) is 0 Å². The van der Waals surface area contributed by atoms with E-state index in [-0.39, 0.29) is 39.3 Å². The van der Waals surface area contributed by atoms with Gasteiger partial charge in [-0.05, 0) is 40.8 Å². The fourth-order valence-corrected chi connectivity index (χ4v) is 5.69. The Morgan fingerprint density at radius 2 is 1.87 bits per heavy atom. The summed E-state index contributed by atoms with van der Waals surface area (Å²) in [6.07, 6.45) is 3.41. The van der Waals surface area contributed by atoms with E-state index in [1.54, 1.807) is 6.08 Å². The standard InChI is InChI=1S/C22H15BrFNO5/c23-13-7-15(26)18-12(19(13)27)6-11-8(4-5-10-17(11)22(30)25-21(10)29)16(18)9-2-1-3-14(24)20(9)28/h1-4,7,10-11,16-17,28H,5-6H2,(H,25,29,30)/t10-,11+,16+,17-/m0/s1. The molecule has 0 radical (unpaired) electrons. The lowest BCUT2D eigenvalue weighted by Gasteiger charge is -2.42. The summed E-state index contributed by atoms with van der Waals surface area (Å²) < 4.78 is 14.3. The monoisotopic (exact) mass is 471 g/mol. The van der Waals surface area contributed by atoms with Gasteiger partial charge in [-0.25, -0.2) is 4.39 Å². The van der Waals surface area contributed by atoms with Crippen LogP contribution in [0.4, 0.5) is 4.39 Å². The fourth-order valence-electron chi connectivity index (χ4n) is 5.24. The largest absolute Gasteiger partial charge is 0.505 e. The Balaban J connectivity index is 1.75. The van der Waals surface area contributed by atoms with Crippen molar-refractivity contribution in [1.82, 2.24) is 5.32 Å². The molecule has 0 unspecified atom stereocenters. The number of hydrogen-bond donors (Lipinski definition) is 2. The normalized spacial score (nSPS) is 30.3. The lowest BCUT2D eigenvalue weighted by Crippen LogP contribution is -2.39. The van der Waals surface area contributed by atoms with Gasteiger partial charge in [0.2, 0.25) is 11.8 Å². The van der Waals surface area contributed by atoms with Crippen molar-refractivity contribution in [2.45, 2.75) is 18.8 Å². The first kappa shape index (κ1) is 19.1. The number of para-hydroxylation sites is 1. The van der Waals surface area contributed by atoms with Crippen LogP contribution >= 0.6 is 15.9 Å². The molecule has 0 bridgehead atoms. The van der Waals surface area contributed by atoms with Crippen molar-refractivity contribution >= 4 is 39.3 Å². The molecule has 30 heavy (non-hydrogen) atoms. The number of amides is 2. The highest BCUT2D eigenvalue weighted by atomic mass is 79.9. The van der Waals surface area contributed by atoms with Crippen LogP contribution in [-0.4, -0.2) is 28.5 Å². The van der Waals surface area contributed by atoms with Gasteiger partial charge in [0.05, 0.1) is 16.3 Å². The SMILES string of the molecule is O=C1C=C(Br)C(=O)C2=C1[C@@H](c1cccc(F)c1O)C1=CC[C@@H]3C(=O)NC(=O)[C@@H]3[C@@H]1C2. The Bertz CT molecular complexity index is 1160. The van der Waals surface area contributed by atoms with E-state index >= 15 is 0 Å². The summed E-state index contributed by atoms with van der Waals surface area (Å²) in [5.41, 5.74) is 1.25. The molecule has 4 aliphatic rings. The summed E-state index contributed by atoms with van der Waals surface area (Å²) in [7, 11) is 0. The van der Waals surface area contributed by atoms with Gasteiger partial charge in [-0.15, -0.1) is 0 Å². The molecular weight excluding hydrogens is 457 g/mol. The molecule has 0 aromatic heterocycles. The Labute approximate surface area is 178 Å². The third-order valence-corrected chi connectivity index (χ3v) is 7.09. The van der Waals surface area contributed by atoms with E-state index in [0.717, 1.165) is 6.07 Å². The van der Waals surface area contributed by atoms with Crippen LogP contribution in [0.1, 0.15) is 24.3 Å². The zero-order valence-corrected chi connectivity index (χ0v) is 17.0. The van der Waals surface area contributed by atoms with Crippen LogP contribution < -0.4 is 5.32 Å². The number of hydrogen-bond acceptors (Lipinski definition) is 5. The molecule has 3 aliphatic carbocycles. The summed E-state index contributed by atoms with van der Waals surface area (Å²) in [6, 6.07) is 4.04. The molecule has 1 fully saturated rings. The third-order valence-electron chi connectivity index (χ3n) is 6.50. The molecule has 152 valence electrons. The van der Waals surface area contributed by atoms with E-state index in [9.17, 15) is 28.7 Å². The molecular formula is C22H15BrFNO5. The first-order valence-corrected chi connectivity index (χ1v) is 10.3. The predicted octanol–water partition coefficient (Wildman–Crippen LogP) is 2.58. The Morgan fingerprint density at radius 3 is 2.63 bits per heavy atom. The number of Topliss-reactive ketones (excluding diaryl/α,β-unsaturated/α-hetero) is 1. The van der Waals surface area contributed by atoms with E-state index in [4.69, 9.17) is 0 Å². The number of phenols is 1. The molecule has 0 saturated carbocycles. The molecule has 4 atom stereocenters. The van der Waals surface area contributed by atoms with Crippen molar-refractivity contribution in [3.63, 3.8) is 0 Å². The minimum Gasteiger partial charge on any atom is -0.505 e. The Kier molecular flexibility index (Phi) is 4.18. The van der Waals surface area contributed by atoms with Crippen LogP contribution in [-0.2, 0) is 19.2 Å². The maximum atomic E-state index is 14.2. The molecule has 2 N–H and O–H groups in total. The highest BCUT2D eigenvalue weighted by Gasteiger charge is 2.53. The van der Waals surface area contributed by atoms with E-state index in [1.165, 1.54) is 18.2 Å². The smallest absolute Gasteiger partial charge is 0.231 e. The Hall–Kier alpha value is -2.87. The minimum absolute atomic E-state index is 0.111. The van der Waals surface area contributed by atoms with Crippen molar-refractivity contribution in [1.29, 1.82) is 0 Å². The molecule has 6 nitrogen and oxygen atoms in total. The van der Waals surface area contributed by atoms with Crippen LogP contribution in [0.2, 0.25) is 0 Å². The first-order chi connectivity index (χ1) is 14.3. The number of imide groups is 1. The lowest BCUT2D eigenvalue weighted by molar-refractivity contribution is -0.126. The van der Waals surface area contributed by atoms with Gasteiger partial charge in [0.15, 0.2) is 23.1 Å². The van der Waals surface area contributed by atoms with Crippen LogP contribution in [0.15, 0.2) is 51.6 Å². The molecule has 1 aromatic carbocycles. The van der Waals surface area contributed by atoms with Crippen LogP contribution in [0.5, 0.6) is 5.75 Å². The lowest BCUT2D eigenvalue weighted by atomic mass is 9.59. The van der Waals surface area contributed by atoms with Crippen molar-refractivity contribution in [3.8, 4) is 5.75 Å². The molecule has 0 spiro atoms. The van der Waals surface area contributed by atoms with Gasteiger partial charge in [0, 0.05) is 28.7 Å². The number of allylic oxidation sites excluding steroid dienone is 6. The molecule has 1 aliphatic heterocycles. The quantitative estimate of drug-likeness (QED) is 0.372. The zero-order chi connectivity index (χ0) is 21.3. The number of halogens is 2. The van der Waals surface area contributed by atoms with Crippen molar-refractivity contribution in [2.75, 3.05) is 0 Å². The summed E-state index contributed by atoms with van der Waals surface area (Å²) in [6.45, 7) is 0. The number of benzene rings is 1. The first-order valence-electron chi connectivity index (χ1n) is 9.51. The molecule has 1 aromatic rings. The van der Waals surface area contributed by atoms with Gasteiger partial charge >= 0.3 is 0 Å². The zero-order valence-electron chi connectivity index (χ0n) is 15.4. The van der Waals surface area contributed by atoms with Gasteiger partial charge in [0.1, 0.15) is 0 Å². The predicted molar refractivity (Wildman–Crippen MR) is 106 cm³/mol. The number of phenolic OH excluding ortho intramolecular Hbond substituents is 1. The van der Waals surface area contributed by atoms with E-state index < -0.39 is 46.9 Å². The minimum atomic E-state index is -0.868. The number of aromatic hydroxyl groups is 1. The maximum Gasteiger partial charge on any atom is 0.231 e. The van der Waals surface area contributed by atoms with Gasteiger partial charge < -0.3 is 5.11 Å². The second-order valence-electron chi connectivity index (χ2n) is 7.92. The maximum absolute atomic E-state index is 14.2. The highest BCUT2D eigenvalue weighted by Crippen LogP contribution is 2.55. The van der Waals surface area contributed by atoms with E-state index in [0.29, 0.717) is 12.0 Å². The second kappa shape index (κ2) is 6.57. The second-order valence-corrected chi connectivity index (χ2v) is 8.78. The molecule has 5 rings (SSSR count). The summed E-state index contributed by atoms with van der Waals surface area (Å²) >= 11 is 3.12. The van der Waals surface area contributed by atoms with Gasteiger partial charge in [-0.3, -0.25) is 24.5 Å². The molecule has 8 heteroatoms. The van der Waals surface area contributed by atoms with Crippen LogP contribution in [0.25, 0.3) is 0 Å². The fraction of sp³-hybridized carbons (Fsp3) is 0.273. The van der Waals surface area contributed by atoms with Crippen molar-refractivity contribution < 1.29 is 28.7 Å². The van der Waals surface area contributed by atoms with Gasteiger partial charge in [-0.2, -0.15) is 0 Å². The molecule has 1 saturated heterocycles. The highest BCUT2D eigenvalue weighted by molar-refractivity contribution is 9.12. The van der Waals surface area contributed by atoms with Crippen LogP contribution in [0, 0.1) is 23.6 Å². The average Bonchev–Trinajstić information content (AvgIpc) is 3.01. The van der Waals surface area contributed by atoms with Crippen LogP contribution in [0.3, 0.4) is 0 Å². The summed E-state index contributed by atoms with van der Waals surface area (Å²) in [5, 5.41) is 12.8. The van der Waals surface area contributed by atoms with E-state index in [2.05, 4.69) is 21.2 Å². The third kappa shape index (κ3) is 2.52. The number of carbonyl (C=O) groups is 4. The number of nitrogens with one attached hydrogen (secondary N) is 1. The van der Waals surface area contributed by atoms with Gasteiger partial charge in [-0.1, -0.05) is 23.8 Å². The molecule has 2 amide bonds.